The van der Waals surface area contributed by atoms with Gasteiger partial charge in [0, 0.05) is 16.2 Å². The van der Waals surface area contributed by atoms with Gasteiger partial charge in [-0.05, 0) is 24.6 Å². The summed E-state index contributed by atoms with van der Waals surface area (Å²) in [5.74, 6) is 0. The molecule has 0 nitrogen and oxygen atoms in total. The van der Waals surface area contributed by atoms with Crippen LogP contribution in [0.4, 0.5) is 0 Å². The van der Waals surface area contributed by atoms with Gasteiger partial charge < -0.3 is 0 Å². The third kappa shape index (κ3) is 3.07. The van der Waals surface area contributed by atoms with E-state index in [0.29, 0.717) is 0 Å². The van der Waals surface area contributed by atoms with Gasteiger partial charge in [-0.2, -0.15) is 0 Å². The molecule has 2 aromatic rings. The first-order valence-corrected chi connectivity index (χ1v) is 5.93. The third-order valence-corrected chi connectivity index (χ3v) is 3.25. The van der Waals surface area contributed by atoms with Crippen LogP contribution in [0.5, 0.6) is 0 Å². The van der Waals surface area contributed by atoms with Gasteiger partial charge in [0.25, 0.3) is 0 Å². The lowest BCUT2D eigenvalue weighted by Crippen LogP contribution is -1.73. The van der Waals surface area contributed by atoms with Gasteiger partial charge in [-0.1, -0.05) is 42.5 Å². The Labute approximate surface area is 94.9 Å². The molecule has 0 radical (unpaired) electrons. The lowest BCUT2D eigenvalue weighted by Gasteiger charge is -1.91. The van der Waals surface area contributed by atoms with E-state index in [1.54, 1.807) is 0 Å². The normalized spacial score (nSPS) is 11.0. The predicted molar refractivity (Wildman–Crippen MR) is 68.2 cm³/mol. The van der Waals surface area contributed by atoms with E-state index in [-0.39, 0.29) is 0 Å². The summed E-state index contributed by atoms with van der Waals surface area (Å²) < 4.78 is 0. The van der Waals surface area contributed by atoms with E-state index in [2.05, 4.69) is 55.5 Å². The Morgan fingerprint density at radius 3 is 2.53 bits per heavy atom. The van der Waals surface area contributed by atoms with Gasteiger partial charge in [0.1, 0.15) is 0 Å². The van der Waals surface area contributed by atoms with Crippen LogP contribution in [-0.4, -0.2) is 0 Å². The molecular formula is C14H14S. The maximum absolute atomic E-state index is 2.22. The zero-order valence-electron chi connectivity index (χ0n) is 8.81. The summed E-state index contributed by atoms with van der Waals surface area (Å²) >= 11 is 1.87. The minimum atomic E-state index is 1.04. The summed E-state index contributed by atoms with van der Waals surface area (Å²) in [7, 11) is 0. The van der Waals surface area contributed by atoms with Crippen molar-refractivity contribution in [3.05, 3.63) is 63.9 Å². The Hall–Kier alpha value is -1.34. The van der Waals surface area contributed by atoms with Crippen molar-refractivity contribution >= 4 is 17.4 Å². The summed E-state index contributed by atoms with van der Waals surface area (Å²) in [6, 6.07) is 14.8. The van der Waals surface area contributed by atoms with Crippen molar-refractivity contribution in [3.8, 4) is 0 Å². The Bertz CT molecular complexity index is 437. The van der Waals surface area contributed by atoms with Crippen LogP contribution in [0.15, 0.2) is 48.5 Å². The molecule has 76 valence electrons. The van der Waals surface area contributed by atoms with E-state index in [9.17, 15) is 0 Å². The third-order valence-electron chi connectivity index (χ3n) is 2.22. The molecule has 0 aliphatic heterocycles. The quantitative estimate of drug-likeness (QED) is 0.714. The molecule has 2 rings (SSSR count). The molecule has 1 aromatic heterocycles. The second-order valence-corrected chi connectivity index (χ2v) is 4.90. The van der Waals surface area contributed by atoms with Crippen LogP contribution in [0.1, 0.15) is 15.3 Å². The molecule has 0 saturated heterocycles. The summed E-state index contributed by atoms with van der Waals surface area (Å²) in [5, 5.41) is 0. The van der Waals surface area contributed by atoms with Crippen molar-refractivity contribution in [1.82, 2.24) is 0 Å². The highest BCUT2D eigenvalue weighted by Gasteiger charge is 1.92. The largest absolute Gasteiger partial charge is 0.145 e. The summed E-state index contributed by atoms with van der Waals surface area (Å²) in [6.07, 6.45) is 5.43. The highest BCUT2D eigenvalue weighted by atomic mass is 32.1. The van der Waals surface area contributed by atoms with Crippen LogP contribution in [0, 0.1) is 6.92 Å². The zero-order chi connectivity index (χ0) is 10.5. The van der Waals surface area contributed by atoms with Crippen molar-refractivity contribution in [1.29, 1.82) is 0 Å². The Kier molecular flexibility index (Phi) is 3.36. The average Bonchev–Trinajstić information content (AvgIpc) is 2.66. The van der Waals surface area contributed by atoms with Crippen molar-refractivity contribution in [3.63, 3.8) is 0 Å². The van der Waals surface area contributed by atoms with E-state index < -0.39 is 0 Å². The molecule has 0 aliphatic rings. The van der Waals surface area contributed by atoms with Gasteiger partial charge in [-0.15, -0.1) is 11.3 Å². The lowest BCUT2D eigenvalue weighted by atomic mass is 10.2. The number of rotatable bonds is 3. The SMILES string of the molecule is Cc1ccc(C/C=C/c2ccccc2)s1. The molecular weight excluding hydrogens is 200 g/mol. The molecule has 0 unspecified atom stereocenters. The first kappa shape index (κ1) is 10.2. The Morgan fingerprint density at radius 2 is 1.87 bits per heavy atom. The fourth-order valence-corrected chi connectivity index (χ4v) is 2.34. The van der Waals surface area contributed by atoms with Crippen LogP contribution >= 0.6 is 11.3 Å². The number of aryl methyl sites for hydroxylation is 1. The lowest BCUT2D eigenvalue weighted by molar-refractivity contribution is 1.36. The topological polar surface area (TPSA) is 0 Å². The molecule has 1 heterocycles. The smallest absolute Gasteiger partial charge is 0.00858 e. The van der Waals surface area contributed by atoms with Crippen LogP contribution in [0.3, 0.4) is 0 Å². The van der Waals surface area contributed by atoms with Gasteiger partial charge in [0.2, 0.25) is 0 Å². The van der Waals surface area contributed by atoms with E-state index in [1.165, 1.54) is 15.3 Å². The number of benzene rings is 1. The van der Waals surface area contributed by atoms with E-state index >= 15 is 0 Å². The van der Waals surface area contributed by atoms with Crippen LogP contribution in [-0.2, 0) is 6.42 Å². The highest BCUT2D eigenvalue weighted by Crippen LogP contribution is 2.16. The van der Waals surface area contributed by atoms with E-state index in [0.717, 1.165) is 6.42 Å². The minimum absolute atomic E-state index is 1.04. The van der Waals surface area contributed by atoms with E-state index in [1.807, 2.05) is 17.4 Å². The molecule has 1 heteroatoms. The van der Waals surface area contributed by atoms with Crippen LogP contribution in [0.25, 0.3) is 6.08 Å². The Morgan fingerprint density at radius 1 is 1.07 bits per heavy atom. The fraction of sp³-hybridized carbons (Fsp3) is 0.143. The van der Waals surface area contributed by atoms with Crippen molar-refractivity contribution < 1.29 is 0 Å². The molecule has 0 N–H and O–H groups in total. The molecule has 0 aliphatic carbocycles. The molecule has 0 saturated carbocycles. The molecule has 15 heavy (non-hydrogen) atoms. The molecule has 0 bridgehead atoms. The maximum Gasteiger partial charge on any atom is 0.00858 e. The summed E-state index contributed by atoms with van der Waals surface area (Å²) in [5.41, 5.74) is 1.27. The fourth-order valence-electron chi connectivity index (χ4n) is 1.47. The standard InChI is InChI=1S/C14H14S/c1-12-10-11-14(15-12)9-5-8-13-6-3-2-4-7-13/h2-8,10-11H,9H2,1H3/b8-5+. The molecule has 0 fully saturated rings. The van der Waals surface area contributed by atoms with Gasteiger partial charge in [-0.3, -0.25) is 0 Å². The Balaban J connectivity index is 1.96. The van der Waals surface area contributed by atoms with Gasteiger partial charge in [-0.25, -0.2) is 0 Å². The first-order valence-electron chi connectivity index (χ1n) is 5.11. The highest BCUT2D eigenvalue weighted by molar-refractivity contribution is 7.11. The van der Waals surface area contributed by atoms with Gasteiger partial charge in [0.15, 0.2) is 0 Å². The summed E-state index contributed by atoms with van der Waals surface area (Å²) in [6.45, 7) is 2.15. The minimum Gasteiger partial charge on any atom is -0.145 e. The van der Waals surface area contributed by atoms with E-state index in [4.69, 9.17) is 0 Å². The molecule has 1 aromatic carbocycles. The number of hydrogen-bond donors (Lipinski definition) is 0. The van der Waals surface area contributed by atoms with Crippen LogP contribution in [0.2, 0.25) is 0 Å². The second-order valence-electron chi connectivity index (χ2n) is 3.53. The van der Waals surface area contributed by atoms with Crippen molar-refractivity contribution in [2.24, 2.45) is 0 Å². The van der Waals surface area contributed by atoms with Crippen LogP contribution < -0.4 is 0 Å². The van der Waals surface area contributed by atoms with Crippen molar-refractivity contribution in [2.75, 3.05) is 0 Å². The second kappa shape index (κ2) is 4.94. The average molecular weight is 214 g/mol. The number of allylic oxidation sites excluding steroid dienone is 1. The molecule has 0 amide bonds. The molecule has 0 atom stereocenters. The van der Waals surface area contributed by atoms with Gasteiger partial charge >= 0.3 is 0 Å². The van der Waals surface area contributed by atoms with Crippen molar-refractivity contribution in [2.45, 2.75) is 13.3 Å². The molecule has 0 spiro atoms. The first-order chi connectivity index (χ1) is 7.34. The predicted octanol–water partition coefficient (Wildman–Crippen LogP) is 4.31. The number of hydrogen-bond acceptors (Lipinski definition) is 1. The summed E-state index contributed by atoms with van der Waals surface area (Å²) in [4.78, 5) is 2.82. The number of thiophene rings is 1. The monoisotopic (exact) mass is 214 g/mol. The van der Waals surface area contributed by atoms with Gasteiger partial charge in [0.05, 0.1) is 0 Å². The maximum atomic E-state index is 2.22. The zero-order valence-corrected chi connectivity index (χ0v) is 9.63.